The largest absolute Gasteiger partial charge is 0.455 e. The molecule has 0 radical (unpaired) electrons. The Labute approximate surface area is 133 Å². The van der Waals surface area contributed by atoms with Crippen LogP contribution in [0.15, 0.2) is 40.9 Å². The molecular weight excluding hydrogens is 320 g/mol. The number of esters is 1. The summed E-state index contributed by atoms with van der Waals surface area (Å²) in [5.41, 5.74) is 0.876. The van der Waals surface area contributed by atoms with Gasteiger partial charge in [-0.3, -0.25) is 4.79 Å². The van der Waals surface area contributed by atoms with Crippen molar-refractivity contribution in [1.82, 2.24) is 9.29 Å². The predicted molar refractivity (Wildman–Crippen MR) is 81.7 cm³/mol. The lowest BCUT2D eigenvalue weighted by Crippen LogP contribution is -2.32. The second-order valence-corrected chi connectivity index (χ2v) is 7.24. The monoisotopic (exact) mass is 336 g/mol. The van der Waals surface area contributed by atoms with Crippen LogP contribution >= 0.6 is 0 Å². The number of oxazole rings is 1. The molecule has 0 atom stereocenters. The molecule has 1 aliphatic rings. The van der Waals surface area contributed by atoms with Crippen molar-refractivity contribution in [1.29, 1.82) is 0 Å². The summed E-state index contributed by atoms with van der Waals surface area (Å²) < 4.78 is 34.9. The van der Waals surface area contributed by atoms with Crippen LogP contribution in [0.25, 0.3) is 11.3 Å². The van der Waals surface area contributed by atoms with Gasteiger partial charge in [-0.25, -0.2) is 13.4 Å². The van der Waals surface area contributed by atoms with Crippen LogP contribution in [0.5, 0.6) is 0 Å². The number of nitrogens with zero attached hydrogens (tertiary/aromatic N) is 2. The normalized spacial score (nSPS) is 17.2. The van der Waals surface area contributed by atoms with Gasteiger partial charge in [0, 0.05) is 12.1 Å². The van der Waals surface area contributed by atoms with E-state index in [1.165, 1.54) is 0 Å². The molecule has 1 aromatic carbocycles. The van der Waals surface area contributed by atoms with Crippen molar-refractivity contribution in [2.75, 3.05) is 18.8 Å². The fourth-order valence-electron chi connectivity index (χ4n) is 2.31. The minimum absolute atomic E-state index is 0.0838. The summed E-state index contributed by atoms with van der Waals surface area (Å²) in [4.78, 5) is 15.8. The summed E-state index contributed by atoms with van der Waals surface area (Å²) in [7, 11) is -3.30. The highest BCUT2D eigenvalue weighted by Crippen LogP contribution is 2.20. The summed E-state index contributed by atoms with van der Waals surface area (Å²) in [6.45, 7) is -0.0390. The van der Waals surface area contributed by atoms with Gasteiger partial charge in [-0.15, -0.1) is 0 Å². The summed E-state index contributed by atoms with van der Waals surface area (Å²) in [5, 5.41) is 0. The zero-order valence-electron chi connectivity index (χ0n) is 12.3. The van der Waals surface area contributed by atoms with Crippen LogP contribution in [0.1, 0.15) is 12.3 Å². The highest BCUT2D eigenvalue weighted by Gasteiger charge is 2.30. The first-order valence-corrected chi connectivity index (χ1v) is 8.79. The van der Waals surface area contributed by atoms with Gasteiger partial charge in [0.25, 0.3) is 0 Å². The molecule has 0 aliphatic carbocycles. The van der Waals surface area contributed by atoms with E-state index in [0.717, 1.165) is 9.87 Å². The first kappa shape index (κ1) is 15.7. The molecule has 1 aromatic heterocycles. The molecule has 1 fully saturated rings. The van der Waals surface area contributed by atoms with Crippen molar-refractivity contribution in [2.45, 2.75) is 13.0 Å². The molecule has 0 unspecified atom stereocenters. The van der Waals surface area contributed by atoms with E-state index in [2.05, 4.69) is 4.98 Å². The third-order valence-electron chi connectivity index (χ3n) is 3.48. The Kier molecular flexibility index (Phi) is 4.44. The molecule has 23 heavy (non-hydrogen) atoms. The quantitative estimate of drug-likeness (QED) is 0.767. The molecule has 8 heteroatoms. The number of hydrogen-bond acceptors (Lipinski definition) is 6. The van der Waals surface area contributed by atoms with Gasteiger partial charge in [-0.2, -0.15) is 4.31 Å². The Morgan fingerprint density at radius 3 is 2.78 bits per heavy atom. The Morgan fingerprint density at radius 1 is 1.30 bits per heavy atom. The van der Waals surface area contributed by atoms with Crippen molar-refractivity contribution >= 4 is 16.0 Å². The zero-order valence-corrected chi connectivity index (χ0v) is 13.2. The predicted octanol–water partition coefficient (Wildman–Crippen LogP) is 1.42. The van der Waals surface area contributed by atoms with Gasteiger partial charge < -0.3 is 9.15 Å². The van der Waals surface area contributed by atoms with Gasteiger partial charge >= 0.3 is 5.97 Å². The maximum Gasteiger partial charge on any atom is 0.321 e. The summed E-state index contributed by atoms with van der Waals surface area (Å²) in [6.07, 6.45) is 2.10. The van der Waals surface area contributed by atoms with Crippen molar-refractivity contribution in [2.24, 2.45) is 0 Å². The second kappa shape index (κ2) is 6.51. The van der Waals surface area contributed by atoms with Gasteiger partial charge in [-0.1, -0.05) is 30.3 Å². The van der Waals surface area contributed by atoms with E-state index in [0.29, 0.717) is 18.7 Å². The van der Waals surface area contributed by atoms with Crippen molar-refractivity contribution in [3.63, 3.8) is 0 Å². The van der Waals surface area contributed by atoms with E-state index < -0.39 is 16.0 Å². The average Bonchev–Trinajstić information content (AvgIpc) is 3.13. The fourth-order valence-corrected chi connectivity index (χ4v) is 3.78. The number of benzene rings is 1. The minimum Gasteiger partial charge on any atom is -0.455 e. The molecular formula is C15H16N2O5S. The molecule has 3 rings (SSSR count). The SMILES string of the molecule is O=C(CN1CCCS1(=O)=O)OCc1ncc(-c2ccccc2)o1. The molecule has 0 amide bonds. The highest BCUT2D eigenvalue weighted by atomic mass is 32.2. The van der Waals surface area contributed by atoms with Gasteiger partial charge in [0.2, 0.25) is 15.9 Å². The fraction of sp³-hybridized carbons (Fsp3) is 0.333. The van der Waals surface area contributed by atoms with E-state index in [9.17, 15) is 13.2 Å². The maximum atomic E-state index is 11.7. The Bertz CT molecular complexity index is 785. The molecule has 0 spiro atoms. The van der Waals surface area contributed by atoms with Crippen molar-refractivity contribution in [3.8, 4) is 11.3 Å². The summed E-state index contributed by atoms with van der Waals surface area (Å²) >= 11 is 0. The highest BCUT2D eigenvalue weighted by molar-refractivity contribution is 7.89. The van der Waals surface area contributed by atoms with Crippen molar-refractivity contribution in [3.05, 3.63) is 42.4 Å². The third kappa shape index (κ3) is 3.77. The molecule has 0 N–H and O–H groups in total. The van der Waals surface area contributed by atoms with E-state index in [1.54, 1.807) is 6.20 Å². The minimum atomic E-state index is -3.30. The standard InChI is InChI=1S/C15H16N2O5S/c18-15(10-17-7-4-8-23(17,19)20)21-11-14-16-9-13(22-14)12-5-2-1-3-6-12/h1-3,5-6,9H,4,7-8,10-11H2. The lowest BCUT2D eigenvalue weighted by Gasteiger charge is -2.12. The first-order valence-electron chi connectivity index (χ1n) is 7.18. The van der Waals surface area contributed by atoms with E-state index >= 15 is 0 Å². The van der Waals surface area contributed by atoms with Gasteiger partial charge in [0.05, 0.1) is 11.9 Å². The molecule has 2 aromatic rings. The number of aromatic nitrogens is 1. The van der Waals surface area contributed by atoms with E-state index in [-0.39, 0.29) is 24.8 Å². The number of hydrogen-bond donors (Lipinski definition) is 0. The number of carbonyl (C=O) groups excluding carboxylic acids is 1. The van der Waals surface area contributed by atoms with Gasteiger partial charge in [0.15, 0.2) is 12.4 Å². The van der Waals surface area contributed by atoms with Crippen LogP contribution in [-0.4, -0.2) is 42.5 Å². The number of rotatable bonds is 5. The number of carbonyl (C=O) groups is 1. The number of ether oxygens (including phenoxy) is 1. The lowest BCUT2D eigenvalue weighted by atomic mass is 10.2. The summed E-state index contributed by atoms with van der Waals surface area (Å²) in [6, 6.07) is 9.43. The van der Waals surface area contributed by atoms with Crippen LogP contribution in [0.4, 0.5) is 0 Å². The molecule has 7 nitrogen and oxygen atoms in total. The topological polar surface area (TPSA) is 89.7 Å². The number of sulfonamides is 1. The molecule has 2 heterocycles. The molecule has 0 bridgehead atoms. The smallest absolute Gasteiger partial charge is 0.321 e. The van der Waals surface area contributed by atoms with Crippen LogP contribution in [0.2, 0.25) is 0 Å². The third-order valence-corrected chi connectivity index (χ3v) is 5.38. The second-order valence-electron chi connectivity index (χ2n) is 5.15. The van der Waals surface area contributed by atoms with E-state index in [1.807, 2.05) is 30.3 Å². The Morgan fingerprint density at radius 2 is 2.09 bits per heavy atom. The van der Waals surface area contributed by atoms with Gasteiger partial charge in [-0.05, 0) is 6.42 Å². The lowest BCUT2D eigenvalue weighted by molar-refractivity contribution is -0.145. The molecule has 122 valence electrons. The maximum absolute atomic E-state index is 11.7. The van der Waals surface area contributed by atoms with Crippen LogP contribution in [0.3, 0.4) is 0 Å². The molecule has 1 aliphatic heterocycles. The molecule has 1 saturated heterocycles. The Balaban J connectivity index is 1.55. The van der Waals surface area contributed by atoms with Crippen LogP contribution in [0, 0.1) is 0 Å². The Hall–Kier alpha value is -2.19. The average molecular weight is 336 g/mol. The van der Waals surface area contributed by atoms with Crippen LogP contribution in [-0.2, 0) is 26.2 Å². The first-order chi connectivity index (χ1) is 11.0. The van der Waals surface area contributed by atoms with Crippen molar-refractivity contribution < 1.29 is 22.4 Å². The zero-order chi connectivity index (χ0) is 16.3. The molecule has 0 saturated carbocycles. The van der Waals surface area contributed by atoms with E-state index in [4.69, 9.17) is 9.15 Å². The summed E-state index contributed by atoms with van der Waals surface area (Å²) in [5.74, 6) is 0.315. The van der Waals surface area contributed by atoms with Crippen LogP contribution < -0.4 is 0 Å². The van der Waals surface area contributed by atoms with Gasteiger partial charge in [0.1, 0.15) is 6.54 Å².